The number of carbonyl (C=O) groups excluding carboxylic acids is 2. The molecule has 2 bridgehead atoms. The van der Waals surface area contributed by atoms with Crippen LogP contribution >= 0.6 is 11.6 Å². The average molecular weight is 495 g/mol. The van der Waals surface area contributed by atoms with Crippen molar-refractivity contribution in [1.29, 1.82) is 0 Å². The van der Waals surface area contributed by atoms with Crippen molar-refractivity contribution in [3.8, 4) is 5.75 Å². The molecule has 0 unspecified atom stereocenters. The van der Waals surface area contributed by atoms with Gasteiger partial charge in [0, 0.05) is 33.6 Å². The second-order valence-electron chi connectivity index (χ2n) is 9.47. The minimum Gasteiger partial charge on any atom is -0.480 e. The minimum absolute atomic E-state index is 0.102. The summed E-state index contributed by atoms with van der Waals surface area (Å²) in [6, 6.07) is 8.96. The van der Waals surface area contributed by atoms with Crippen molar-refractivity contribution in [3.63, 3.8) is 0 Å². The molecule has 3 fully saturated rings. The van der Waals surface area contributed by atoms with Crippen molar-refractivity contribution >= 4 is 23.4 Å². The zero-order valence-corrected chi connectivity index (χ0v) is 18.7. The van der Waals surface area contributed by atoms with Crippen molar-refractivity contribution in [2.24, 2.45) is 0 Å². The van der Waals surface area contributed by atoms with E-state index >= 15 is 0 Å². The second-order valence-corrected chi connectivity index (χ2v) is 9.91. The highest BCUT2D eigenvalue weighted by molar-refractivity contribution is 6.30. The number of amides is 2. The molecule has 2 aromatic carbocycles. The van der Waals surface area contributed by atoms with Crippen LogP contribution in [0.25, 0.3) is 0 Å². The van der Waals surface area contributed by atoms with Gasteiger partial charge < -0.3 is 20.5 Å². The van der Waals surface area contributed by atoms with E-state index in [0.717, 1.165) is 24.3 Å². The second kappa shape index (κ2) is 7.88. The molecule has 2 aromatic rings. The summed E-state index contributed by atoms with van der Waals surface area (Å²) in [6.45, 7) is 0. The average Bonchev–Trinajstić information content (AvgIpc) is 3.28. The van der Waals surface area contributed by atoms with Crippen LogP contribution in [0.3, 0.4) is 0 Å². The summed E-state index contributed by atoms with van der Waals surface area (Å²) in [6.07, 6.45) is -3.72. The highest BCUT2D eigenvalue weighted by atomic mass is 35.5. The van der Waals surface area contributed by atoms with Crippen molar-refractivity contribution < 1.29 is 32.6 Å². The number of carbonyl (C=O) groups is 2. The normalized spacial score (nSPS) is 29.4. The van der Waals surface area contributed by atoms with Crippen molar-refractivity contribution in [2.75, 3.05) is 0 Å². The van der Waals surface area contributed by atoms with E-state index in [4.69, 9.17) is 16.3 Å². The Hall–Kier alpha value is -2.78. The zero-order valence-electron chi connectivity index (χ0n) is 17.9. The molecule has 2 atom stereocenters. The lowest BCUT2D eigenvalue weighted by Gasteiger charge is -2.48. The monoisotopic (exact) mass is 494 g/mol. The summed E-state index contributed by atoms with van der Waals surface area (Å²) in [5, 5.41) is 16.9. The maximum Gasteiger partial charge on any atom is 0.416 e. The molecule has 1 heterocycles. The van der Waals surface area contributed by atoms with Crippen LogP contribution in [0.5, 0.6) is 5.75 Å². The maximum atomic E-state index is 12.9. The molecule has 0 saturated heterocycles. The third kappa shape index (κ3) is 4.11. The first-order chi connectivity index (χ1) is 16.0. The number of aliphatic hydroxyl groups is 1. The van der Waals surface area contributed by atoms with E-state index in [1.54, 1.807) is 18.2 Å². The summed E-state index contributed by atoms with van der Waals surface area (Å²) in [5.74, 6) is -0.354. The smallest absolute Gasteiger partial charge is 0.416 e. The summed E-state index contributed by atoms with van der Waals surface area (Å²) < 4.78 is 44.0. The number of hydrogen-bond donors (Lipinski definition) is 3. The van der Waals surface area contributed by atoms with Gasteiger partial charge in [0.05, 0.1) is 11.7 Å². The molecule has 2 amide bonds. The molecule has 4 aliphatic rings. The van der Waals surface area contributed by atoms with Gasteiger partial charge in [0.15, 0.2) is 6.10 Å². The Morgan fingerprint density at radius 1 is 1.03 bits per heavy atom. The van der Waals surface area contributed by atoms with Crippen molar-refractivity contribution in [3.05, 3.63) is 64.2 Å². The largest absolute Gasteiger partial charge is 0.480 e. The van der Waals surface area contributed by atoms with Gasteiger partial charge in [0.25, 0.3) is 11.8 Å². The molecule has 0 aromatic heterocycles. The molecular formula is C24H22ClF3N2O4. The lowest BCUT2D eigenvalue weighted by Crippen LogP contribution is -2.65. The van der Waals surface area contributed by atoms with Gasteiger partial charge in [-0.1, -0.05) is 11.6 Å². The Balaban J connectivity index is 1.19. The standard InChI is InChI=1S/C24H22ClF3N2O4/c25-15-5-6-18-16(9-15)17(31)10-19(34-18)21(33)30-23-8-7-22(11-23,12-23)29-20(32)13-1-3-14(4-2-13)24(26,27)28/h1-6,9,17,19,31H,7-8,10-12H2,(H,29,32)(H,30,33)/t17-,19-,22?,23?/m1/s1. The van der Waals surface area contributed by atoms with Gasteiger partial charge >= 0.3 is 6.18 Å². The van der Waals surface area contributed by atoms with Crippen molar-refractivity contribution in [1.82, 2.24) is 10.6 Å². The molecule has 6 rings (SSSR count). The van der Waals surface area contributed by atoms with Gasteiger partial charge in [-0.25, -0.2) is 0 Å². The van der Waals surface area contributed by atoms with Crippen LogP contribution < -0.4 is 15.4 Å². The third-order valence-corrected chi connectivity index (χ3v) is 7.24. The van der Waals surface area contributed by atoms with Gasteiger partial charge in [-0.15, -0.1) is 0 Å². The minimum atomic E-state index is -4.46. The van der Waals surface area contributed by atoms with Gasteiger partial charge in [-0.05, 0) is 68.1 Å². The summed E-state index contributed by atoms with van der Waals surface area (Å²) >= 11 is 5.97. The molecule has 3 aliphatic carbocycles. The van der Waals surface area contributed by atoms with Crippen LogP contribution in [-0.4, -0.2) is 34.1 Å². The number of fused-ring (bicyclic) bond motifs is 2. The first kappa shape index (κ1) is 23.0. The number of hydrogen-bond acceptors (Lipinski definition) is 4. The van der Waals surface area contributed by atoms with E-state index < -0.39 is 40.9 Å². The molecule has 1 aliphatic heterocycles. The Morgan fingerprint density at radius 2 is 1.68 bits per heavy atom. The van der Waals surface area contributed by atoms with Gasteiger partial charge in [-0.3, -0.25) is 9.59 Å². The number of rotatable bonds is 4. The zero-order chi connectivity index (χ0) is 24.3. The maximum absolute atomic E-state index is 12.9. The number of benzene rings is 2. The molecule has 3 N–H and O–H groups in total. The number of aliphatic hydroxyl groups excluding tert-OH is 1. The van der Waals surface area contributed by atoms with Crippen LogP contribution in [0.15, 0.2) is 42.5 Å². The van der Waals surface area contributed by atoms with Crippen LogP contribution in [0.4, 0.5) is 13.2 Å². The summed E-state index contributed by atoms with van der Waals surface area (Å²) in [4.78, 5) is 25.5. The third-order valence-electron chi connectivity index (χ3n) is 7.01. The fourth-order valence-corrected chi connectivity index (χ4v) is 5.60. The van der Waals surface area contributed by atoms with Gasteiger partial charge in [0.1, 0.15) is 5.75 Å². The van der Waals surface area contributed by atoms with E-state index in [-0.39, 0.29) is 17.9 Å². The lowest BCUT2D eigenvalue weighted by molar-refractivity contribution is -0.137. The SMILES string of the molecule is O=C(NC12CCC(NC(=O)[C@H]3C[C@@H](O)c4cc(Cl)ccc4O3)(C1)C2)c1ccc(C(F)(F)F)cc1. The van der Waals surface area contributed by atoms with E-state index in [0.29, 0.717) is 42.0 Å². The molecular weight excluding hydrogens is 473 g/mol. The summed E-state index contributed by atoms with van der Waals surface area (Å²) in [7, 11) is 0. The molecule has 0 radical (unpaired) electrons. The number of nitrogens with one attached hydrogen (secondary N) is 2. The van der Waals surface area contributed by atoms with Crippen LogP contribution in [0, 0.1) is 0 Å². The van der Waals surface area contributed by atoms with E-state index in [9.17, 15) is 27.9 Å². The molecule has 6 nitrogen and oxygen atoms in total. The lowest BCUT2D eigenvalue weighted by atomic mass is 9.70. The van der Waals surface area contributed by atoms with E-state index in [1.807, 2.05) is 0 Å². The fourth-order valence-electron chi connectivity index (χ4n) is 5.42. The quantitative estimate of drug-likeness (QED) is 0.596. The topological polar surface area (TPSA) is 87.7 Å². The van der Waals surface area contributed by atoms with Crippen molar-refractivity contribution in [2.45, 2.75) is 61.6 Å². The van der Waals surface area contributed by atoms with E-state index in [1.165, 1.54) is 0 Å². The highest BCUT2D eigenvalue weighted by Crippen LogP contribution is 2.55. The van der Waals surface area contributed by atoms with Gasteiger partial charge in [0.2, 0.25) is 0 Å². The molecule has 0 spiro atoms. The molecule has 10 heteroatoms. The number of alkyl halides is 3. The predicted octanol–water partition coefficient (Wildman–Crippen LogP) is 4.15. The highest BCUT2D eigenvalue weighted by Gasteiger charge is 2.62. The Kier molecular flexibility index (Phi) is 5.33. The predicted molar refractivity (Wildman–Crippen MR) is 116 cm³/mol. The Labute approximate surface area is 198 Å². The first-order valence-electron chi connectivity index (χ1n) is 10.9. The number of halogens is 4. The summed E-state index contributed by atoms with van der Waals surface area (Å²) in [5.41, 5.74) is -1.08. The fraction of sp³-hybridized carbons (Fsp3) is 0.417. The van der Waals surface area contributed by atoms with Gasteiger partial charge in [-0.2, -0.15) is 13.2 Å². The molecule has 34 heavy (non-hydrogen) atoms. The van der Waals surface area contributed by atoms with Crippen LogP contribution in [-0.2, 0) is 11.0 Å². The van der Waals surface area contributed by atoms with Crippen LogP contribution in [0.2, 0.25) is 5.02 Å². The van der Waals surface area contributed by atoms with Crippen LogP contribution in [0.1, 0.15) is 59.7 Å². The Morgan fingerprint density at radius 3 is 2.32 bits per heavy atom. The molecule has 180 valence electrons. The number of ether oxygens (including phenoxy) is 1. The Bertz CT molecular complexity index is 1150. The van der Waals surface area contributed by atoms with E-state index in [2.05, 4.69) is 10.6 Å². The molecule has 3 saturated carbocycles. The first-order valence-corrected chi connectivity index (χ1v) is 11.3.